The molecule has 0 unspecified atom stereocenters. The molecular formula is C16H20N2O2. The van der Waals surface area contributed by atoms with Crippen LogP contribution < -0.4 is 11.1 Å². The van der Waals surface area contributed by atoms with Gasteiger partial charge in [-0.1, -0.05) is 24.3 Å². The molecule has 20 heavy (non-hydrogen) atoms. The molecule has 0 radical (unpaired) electrons. The SMILES string of the molecule is Cc1ccccc1[C@@H](N)CC(=O)NCCc1ccco1. The van der Waals surface area contributed by atoms with Crippen molar-refractivity contribution in [2.24, 2.45) is 5.73 Å². The molecule has 1 aromatic heterocycles. The Morgan fingerprint density at radius 1 is 1.30 bits per heavy atom. The van der Waals surface area contributed by atoms with Crippen LogP contribution in [0.3, 0.4) is 0 Å². The fourth-order valence-electron chi connectivity index (χ4n) is 2.16. The van der Waals surface area contributed by atoms with E-state index in [0.29, 0.717) is 19.4 Å². The van der Waals surface area contributed by atoms with Crippen molar-refractivity contribution in [1.29, 1.82) is 0 Å². The molecule has 0 aliphatic rings. The maximum Gasteiger partial charge on any atom is 0.221 e. The van der Waals surface area contributed by atoms with Gasteiger partial charge in [0.05, 0.1) is 6.26 Å². The van der Waals surface area contributed by atoms with Gasteiger partial charge >= 0.3 is 0 Å². The molecule has 3 N–H and O–H groups in total. The molecule has 1 heterocycles. The second kappa shape index (κ2) is 6.91. The zero-order valence-electron chi connectivity index (χ0n) is 11.6. The highest BCUT2D eigenvalue weighted by atomic mass is 16.3. The van der Waals surface area contributed by atoms with Crippen LogP contribution >= 0.6 is 0 Å². The maximum atomic E-state index is 11.8. The molecule has 0 bridgehead atoms. The van der Waals surface area contributed by atoms with Gasteiger partial charge in [0, 0.05) is 25.4 Å². The predicted molar refractivity (Wildman–Crippen MR) is 78.1 cm³/mol. The van der Waals surface area contributed by atoms with Crippen LogP contribution in [0.4, 0.5) is 0 Å². The van der Waals surface area contributed by atoms with Crippen LogP contribution in [0.1, 0.15) is 29.3 Å². The molecule has 0 saturated carbocycles. The Kier molecular flexibility index (Phi) is 4.96. The fraction of sp³-hybridized carbons (Fsp3) is 0.312. The Hall–Kier alpha value is -2.07. The first kappa shape index (κ1) is 14.3. The Morgan fingerprint density at radius 3 is 2.80 bits per heavy atom. The van der Waals surface area contributed by atoms with Gasteiger partial charge in [-0.15, -0.1) is 0 Å². The first-order chi connectivity index (χ1) is 9.66. The highest BCUT2D eigenvalue weighted by molar-refractivity contribution is 5.76. The molecule has 2 aromatic rings. The molecule has 1 aromatic carbocycles. The number of carbonyl (C=O) groups excluding carboxylic acids is 1. The van der Waals surface area contributed by atoms with E-state index in [-0.39, 0.29) is 11.9 Å². The number of benzene rings is 1. The molecule has 0 aliphatic carbocycles. The molecule has 4 nitrogen and oxygen atoms in total. The maximum absolute atomic E-state index is 11.8. The van der Waals surface area contributed by atoms with Gasteiger partial charge in [-0.25, -0.2) is 0 Å². The number of hydrogen-bond acceptors (Lipinski definition) is 3. The van der Waals surface area contributed by atoms with Gasteiger partial charge in [0.2, 0.25) is 5.91 Å². The van der Waals surface area contributed by atoms with Gasteiger partial charge in [0.1, 0.15) is 5.76 Å². The summed E-state index contributed by atoms with van der Waals surface area (Å²) in [6.07, 6.45) is 2.62. The van der Waals surface area contributed by atoms with Crippen molar-refractivity contribution in [2.45, 2.75) is 25.8 Å². The number of amides is 1. The summed E-state index contributed by atoms with van der Waals surface area (Å²) in [7, 11) is 0. The third kappa shape index (κ3) is 3.96. The van der Waals surface area contributed by atoms with Crippen molar-refractivity contribution in [3.05, 3.63) is 59.5 Å². The summed E-state index contributed by atoms with van der Waals surface area (Å²) in [5.74, 6) is 0.834. The van der Waals surface area contributed by atoms with Crippen molar-refractivity contribution < 1.29 is 9.21 Å². The smallest absolute Gasteiger partial charge is 0.221 e. The monoisotopic (exact) mass is 272 g/mol. The lowest BCUT2D eigenvalue weighted by atomic mass is 9.99. The van der Waals surface area contributed by atoms with Crippen LogP contribution in [0, 0.1) is 6.92 Å². The molecule has 0 saturated heterocycles. The zero-order chi connectivity index (χ0) is 14.4. The predicted octanol–water partition coefficient (Wildman–Crippen LogP) is 2.34. The topological polar surface area (TPSA) is 68.3 Å². The average molecular weight is 272 g/mol. The molecule has 106 valence electrons. The molecule has 1 amide bonds. The quantitative estimate of drug-likeness (QED) is 0.848. The van der Waals surface area contributed by atoms with Crippen molar-refractivity contribution >= 4 is 5.91 Å². The molecule has 0 spiro atoms. The number of carbonyl (C=O) groups is 1. The third-order valence-electron chi connectivity index (χ3n) is 3.27. The van der Waals surface area contributed by atoms with Crippen molar-refractivity contribution in [3.63, 3.8) is 0 Å². The lowest BCUT2D eigenvalue weighted by Gasteiger charge is -2.14. The van der Waals surface area contributed by atoms with Gasteiger partial charge in [0.25, 0.3) is 0 Å². The Balaban J connectivity index is 1.78. The van der Waals surface area contributed by atoms with Crippen LogP contribution in [-0.4, -0.2) is 12.5 Å². The number of nitrogens with one attached hydrogen (secondary N) is 1. The van der Waals surface area contributed by atoms with E-state index < -0.39 is 0 Å². The second-order valence-corrected chi connectivity index (χ2v) is 4.85. The van der Waals surface area contributed by atoms with Crippen LogP contribution in [0.5, 0.6) is 0 Å². The van der Waals surface area contributed by atoms with E-state index in [9.17, 15) is 4.79 Å². The minimum absolute atomic E-state index is 0.0349. The number of rotatable bonds is 6. The minimum Gasteiger partial charge on any atom is -0.469 e. The molecular weight excluding hydrogens is 252 g/mol. The van der Waals surface area contributed by atoms with Gasteiger partial charge in [-0.2, -0.15) is 0 Å². The van der Waals surface area contributed by atoms with Crippen LogP contribution in [0.25, 0.3) is 0 Å². The highest BCUT2D eigenvalue weighted by Crippen LogP contribution is 2.17. The van der Waals surface area contributed by atoms with Crippen LogP contribution in [-0.2, 0) is 11.2 Å². The van der Waals surface area contributed by atoms with E-state index in [1.165, 1.54) is 0 Å². The normalized spacial score (nSPS) is 12.1. The van der Waals surface area contributed by atoms with Crippen molar-refractivity contribution in [2.75, 3.05) is 6.54 Å². The summed E-state index contributed by atoms with van der Waals surface area (Å²) in [4.78, 5) is 11.8. The second-order valence-electron chi connectivity index (χ2n) is 4.85. The molecule has 1 atom stereocenters. The summed E-state index contributed by atoms with van der Waals surface area (Å²) in [6, 6.07) is 11.3. The van der Waals surface area contributed by atoms with E-state index in [1.807, 2.05) is 43.3 Å². The van der Waals surface area contributed by atoms with Gasteiger partial charge in [-0.05, 0) is 30.2 Å². The standard InChI is InChI=1S/C16H20N2O2/c1-12-5-2-3-7-14(12)15(17)11-16(19)18-9-8-13-6-4-10-20-13/h2-7,10,15H,8-9,11,17H2,1H3,(H,18,19)/t15-/m0/s1. The Bertz CT molecular complexity index is 549. The number of hydrogen-bond donors (Lipinski definition) is 2. The first-order valence-corrected chi connectivity index (χ1v) is 6.77. The number of nitrogens with two attached hydrogens (primary N) is 1. The Morgan fingerprint density at radius 2 is 2.10 bits per heavy atom. The number of furan rings is 1. The molecule has 4 heteroatoms. The van der Waals surface area contributed by atoms with Gasteiger partial charge in [0.15, 0.2) is 0 Å². The van der Waals surface area contributed by atoms with Gasteiger partial charge in [-0.3, -0.25) is 4.79 Å². The number of aryl methyl sites for hydroxylation is 1. The summed E-state index contributed by atoms with van der Waals surface area (Å²) in [5.41, 5.74) is 8.22. The van der Waals surface area contributed by atoms with E-state index >= 15 is 0 Å². The van der Waals surface area contributed by atoms with Crippen molar-refractivity contribution in [1.82, 2.24) is 5.32 Å². The minimum atomic E-state index is -0.264. The summed E-state index contributed by atoms with van der Waals surface area (Å²) < 4.78 is 5.21. The fourth-order valence-corrected chi connectivity index (χ4v) is 2.16. The largest absolute Gasteiger partial charge is 0.469 e. The lowest BCUT2D eigenvalue weighted by Crippen LogP contribution is -2.29. The van der Waals surface area contributed by atoms with E-state index in [4.69, 9.17) is 10.2 Å². The van der Waals surface area contributed by atoms with E-state index in [0.717, 1.165) is 16.9 Å². The van der Waals surface area contributed by atoms with Crippen LogP contribution in [0.2, 0.25) is 0 Å². The summed E-state index contributed by atoms with van der Waals surface area (Å²) >= 11 is 0. The third-order valence-corrected chi connectivity index (χ3v) is 3.27. The van der Waals surface area contributed by atoms with Crippen molar-refractivity contribution in [3.8, 4) is 0 Å². The zero-order valence-corrected chi connectivity index (χ0v) is 11.6. The average Bonchev–Trinajstić information content (AvgIpc) is 2.92. The molecule has 0 aliphatic heterocycles. The van der Waals surface area contributed by atoms with E-state index in [2.05, 4.69) is 5.32 Å². The summed E-state index contributed by atoms with van der Waals surface area (Å²) in [6.45, 7) is 2.57. The van der Waals surface area contributed by atoms with Crippen LogP contribution in [0.15, 0.2) is 47.1 Å². The van der Waals surface area contributed by atoms with Gasteiger partial charge < -0.3 is 15.5 Å². The van der Waals surface area contributed by atoms with E-state index in [1.54, 1.807) is 6.26 Å². The molecule has 0 fully saturated rings. The molecule has 2 rings (SSSR count). The summed E-state index contributed by atoms with van der Waals surface area (Å²) in [5, 5.41) is 2.86. The highest BCUT2D eigenvalue weighted by Gasteiger charge is 2.13. The first-order valence-electron chi connectivity index (χ1n) is 6.77. The lowest BCUT2D eigenvalue weighted by molar-refractivity contribution is -0.121. The Labute approximate surface area is 119 Å².